The molecule has 1 aliphatic heterocycles. The van der Waals surface area contributed by atoms with Gasteiger partial charge in [0.05, 0.1) is 5.52 Å². The number of hydrogen-bond acceptors (Lipinski definition) is 2. The molecule has 0 aliphatic carbocycles. The number of amides is 1. The number of rotatable bonds is 2. The van der Waals surface area contributed by atoms with Crippen molar-refractivity contribution in [2.24, 2.45) is 0 Å². The van der Waals surface area contributed by atoms with Crippen LogP contribution in [0.3, 0.4) is 0 Å². The number of carbonyl (C=O) groups excluding carboxylic acids is 1. The SMILES string of the molecule is Cc1ccc(NC(=O)c2cn3c4c(cc(Br)cc4c2=O)CC3)cc1C. The van der Waals surface area contributed by atoms with Crippen molar-refractivity contribution in [3.63, 3.8) is 0 Å². The van der Waals surface area contributed by atoms with Gasteiger partial charge in [-0.25, -0.2) is 0 Å². The molecule has 0 fully saturated rings. The second kappa shape index (κ2) is 5.85. The third-order valence-electron chi connectivity index (χ3n) is 4.85. The average Bonchev–Trinajstić information content (AvgIpc) is 2.97. The average molecular weight is 397 g/mol. The summed E-state index contributed by atoms with van der Waals surface area (Å²) < 4.78 is 2.88. The summed E-state index contributed by atoms with van der Waals surface area (Å²) in [6.07, 6.45) is 2.56. The van der Waals surface area contributed by atoms with Crippen LogP contribution in [-0.4, -0.2) is 10.5 Å². The fraction of sp³-hybridized carbons (Fsp3) is 0.200. The molecule has 1 aromatic heterocycles. The van der Waals surface area contributed by atoms with Crippen LogP contribution in [0.15, 0.2) is 45.8 Å². The van der Waals surface area contributed by atoms with Crippen molar-refractivity contribution in [3.8, 4) is 0 Å². The maximum Gasteiger partial charge on any atom is 0.261 e. The molecule has 0 bridgehead atoms. The van der Waals surface area contributed by atoms with E-state index in [0.717, 1.165) is 39.6 Å². The summed E-state index contributed by atoms with van der Waals surface area (Å²) in [7, 11) is 0. The Labute approximate surface area is 153 Å². The second-order valence-corrected chi connectivity index (χ2v) is 7.45. The molecule has 4 rings (SSSR count). The molecule has 0 saturated carbocycles. The highest BCUT2D eigenvalue weighted by Gasteiger charge is 2.21. The first kappa shape index (κ1) is 16.1. The smallest absolute Gasteiger partial charge is 0.261 e. The van der Waals surface area contributed by atoms with Crippen LogP contribution < -0.4 is 10.7 Å². The van der Waals surface area contributed by atoms with Crippen LogP contribution in [0.25, 0.3) is 10.9 Å². The first-order valence-electron chi connectivity index (χ1n) is 8.18. The van der Waals surface area contributed by atoms with E-state index in [1.807, 2.05) is 42.7 Å². The molecule has 2 heterocycles. The Morgan fingerprint density at radius 2 is 1.96 bits per heavy atom. The standard InChI is InChI=1S/C20H17BrN2O2/c1-11-3-4-15(7-12(11)2)22-20(25)17-10-23-6-5-13-8-14(21)9-16(18(13)23)19(17)24/h3-4,7-10H,5-6H2,1-2H3,(H,22,25). The van der Waals surface area contributed by atoms with Crippen LogP contribution in [0.1, 0.15) is 27.0 Å². The van der Waals surface area contributed by atoms with Crippen LogP contribution in [0.4, 0.5) is 5.69 Å². The quantitative estimate of drug-likeness (QED) is 0.705. The summed E-state index contributed by atoms with van der Waals surface area (Å²) in [5.74, 6) is -0.368. The molecule has 126 valence electrons. The lowest BCUT2D eigenvalue weighted by Gasteiger charge is -2.11. The van der Waals surface area contributed by atoms with Gasteiger partial charge in [0.2, 0.25) is 5.43 Å². The number of aryl methyl sites for hydroxylation is 4. The maximum absolute atomic E-state index is 12.9. The summed E-state index contributed by atoms with van der Waals surface area (Å²) in [5, 5.41) is 3.44. The Balaban J connectivity index is 1.80. The Morgan fingerprint density at radius 3 is 2.72 bits per heavy atom. The van der Waals surface area contributed by atoms with E-state index in [9.17, 15) is 9.59 Å². The molecule has 2 aromatic carbocycles. The first-order valence-corrected chi connectivity index (χ1v) is 8.97. The maximum atomic E-state index is 12.9. The Bertz CT molecular complexity index is 1100. The van der Waals surface area contributed by atoms with Gasteiger partial charge in [-0.2, -0.15) is 0 Å². The molecule has 3 aromatic rings. The predicted octanol–water partition coefficient (Wildman–Crippen LogP) is 4.19. The van der Waals surface area contributed by atoms with Gasteiger partial charge in [-0.1, -0.05) is 22.0 Å². The minimum atomic E-state index is -0.368. The van der Waals surface area contributed by atoms with Crippen molar-refractivity contribution >= 4 is 38.4 Å². The zero-order valence-electron chi connectivity index (χ0n) is 14.0. The van der Waals surface area contributed by atoms with Crippen molar-refractivity contribution in [2.75, 3.05) is 5.32 Å². The number of benzene rings is 2. The molecule has 1 amide bonds. The number of aromatic nitrogens is 1. The van der Waals surface area contributed by atoms with Gasteiger partial charge in [-0.15, -0.1) is 0 Å². The molecule has 0 radical (unpaired) electrons. The molecule has 0 unspecified atom stereocenters. The van der Waals surface area contributed by atoms with E-state index < -0.39 is 0 Å². The van der Waals surface area contributed by atoms with Crippen LogP contribution in [0.2, 0.25) is 0 Å². The van der Waals surface area contributed by atoms with Gasteiger partial charge in [0.15, 0.2) is 0 Å². The van der Waals surface area contributed by atoms with Gasteiger partial charge >= 0.3 is 0 Å². The summed E-state index contributed by atoms with van der Waals surface area (Å²) >= 11 is 3.46. The molecule has 25 heavy (non-hydrogen) atoms. The zero-order valence-corrected chi connectivity index (χ0v) is 15.6. The summed E-state index contributed by atoms with van der Waals surface area (Å²) in [4.78, 5) is 25.6. The fourth-order valence-corrected chi connectivity index (χ4v) is 3.88. The van der Waals surface area contributed by atoms with Gasteiger partial charge in [0.25, 0.3) is 5.91 Å². The minimum absolute atomic E-state index is 0.177. The number of nitrogens with zero attached hydrogens (tertiary/aromatic N) is 1. The largest absolute Gasteiger partial charge is 0.346 e. The summed E-state index contributed by atoms with van der Waals surface area (Å²) in [6, 6.07) is 9.57. The van der Waals surface area contributed by atoms with Gasteiger partial charge in [0, 0.05) is 28.3 Å². The molecule has 1 aliphatic rings. The van der Waals surface area contributed by atoms with Gasteiger partial charge < -0.3 is 9.88 Å². The minimum Gasteiger partial charge on any atom is -0.346 e. The molecule has 5 heteroatoms. The van der Waals surface area contributed by atoms with Crippen molar-refractivity contribution in [3.05, 3.63) is 73.5 Å². The lowest BCUT2D eigenvalue weighted by Crippen LogP contribution is -2.23. The Hall–Kier alpha value is -2.40. The molecular formula is C20H17BrN2O2. The van der Waals surface area contributed by atoms with Gasteiger partial charge in [-0.05, 0) is 61.2 Å². The van der Waals surface area contributed by atoms with Crippen LogP contribution in [0, 0.1) is 13.8 Å². The van der Waals surface area contributed by atoms with E-state index in [2.05, 4.69) is 21.2 Å². The highest BCUT2D eigenvalue weighted by molar-refractivity contribution is 9.10. The van der Waals surface area contributed by atoms with Crippen LogP contribution >= 0.6 is 15.9 Å². The van der Waals surface area contributed by atoms with E-state index in [0.29, 0.717) is 11.1 Å². The van der Waals surface area contributed by atoms with E-state index in [1.54, 1.807) is 12.3 Å². The number of carbonyl (C=O) groups is 1. The number of nitrogens with one attached hydrogen (secondary N) is 1. The summed E-state index contributed by atoms with van der Waals surface area (Å²) in [5.41, 5.74) is 4.99. The number of hydrogen-bond donors (Lipinski definition) is 1. The van der Waals surface area contributed by atoms with E-state index in [-0.39, 0.29) is 16.9 Å². The van der Waals surface area contributed by atoms with Crippen LogP contribution in [-0.2, 0) is 13.0 Å². The summed E-state index contributed by atoms with van der Waals surface area (Å²) in [6.45, 7) is 4.80. The van der Waals surface area contributed by atoms with Crippen molar-refractivity contribution in [2.45, 2.75) is 26.8 Å². The topological polar surface area (TPSA) is 51.1 Å². The Morgan fingerprint density at radius 1 is 1.16 bits per heavy atom. The zero-order chi connectivity index (χ0) is 17.7. The lowest BCUT2D eigenvalue weighted by molar-refractivity contribution is 0.102. The first-order chi connectivity index (χ1) is 11.9. The third kappa shape index (κ3) is 2.68. The molecule has 4 nitrogen and oxygen atoms in total. The molecule has 0 saturated heterocycles. The van der Waals surface area contributed by atoms with Crippen LogP contribution in [0.5, 0.6) is 0 Å². The van der Waals surface area contributed by atoms with Crippen molar-refractivity contribution in [1.82, 2.24) is 4.57 Å². The van der Waals surface area contributed by atoms with Crippen molar-refractivity contribution < 1.29 is 4.79 Å². The second-order valence-electron chi connectivity index (χ2n) is 6.53. The molecule has 0 spiro atoms. The van der Waals surface area contributed by atoms with E-state index in [4.69, 9.17) is 0 Å². The van der Waals surface area contributed by atoms with E-state index in [1.165, 1.54) is 0 Å². The highest BCUT2D eigenvalue weighted by atomic mass is 79.9. The molecule has 1 N–H and O–H groups in total. The third-order valence-corrected chi connectivity index (χ3v) is 5.30. The van der Waals surface area contributed by atoms with Crippen molar-refractivity contribution in [1.29, 1.82) is 0 Å². The normalized spacial score (nSPS) is 12.6. The molecular weight excluding hydrogens is 380 g/mol. The molecule has 0 atom stereocenters. The van der Waals surface area contributed by atoms with Gasteiger partial charge in [-0.3, -0.25) is 9.59 Å². The number of anilines is 1. The lowest BCUT2D eigenvalue weighted by atomic mass is 10.1. The Kier molecular flexibility index (Phi) is 3.76. The fourth-order valence-electron chi connectivity index (χ4n) is 3.38. The van der Waals surface area contributed by atoms with Gasteiger partial charge in [0.1, 0.15) is 5.56 Å². The number of halogens is 1. The highest BCUT2D eigenvalue weighted by Crippen LogP contribution is 2.28. The predicted molar refractivity (Wildman–Crippen MR) is 103 cm³/mol. The monoisotopic (exact) mass is 396 g/mol. The van der Waals surface area contributed by atoms with E-state index >= 15 is 0 Å². The number of pyridine rings is 1.